The van der Waals surface area contributed by atoms with Crippen molar-refractivity contribution >= 4 is 17.3 Å². The summed E-state index contributed by atoms with van der Waals surface area (Å²) in [5.41, 5.74) is 1.60. The molecule has 0 aliphatic carbocycles. The van der Waals surface area contributed by atoms with Gasteiger partial charge in [0.15, 0.2) is 11.6 Å². The molecule has 0 aliphatic rings. The molecule has 26 heavy (non-hydrogen) atoms. The first kappa shape index (κ1) is 17.8. The van der Waals surface area contributed by atoms with Crippen molar-refractivity contribution in [3.8, 4) is 0 Å². The largest absolute Gasteiger partial charge is 0.350 e. The monoisotopic (exact) mass is 354 g/mol. The zero-order valence-corrected chi connectivity index (χ0v) is 14.7. The van der Waals surface area contributed by atoms with E-state index in [1.165, 1.54) is 18.0 Å². The van der Waals surface area contributed by atoms with Crippen LogP contribution in [0.15, 0.2) is 60.9 Å². The number of hydrogen-bond donors (Lipinski definition) is 1. The smallest absolute Gasteiger partial charge is 0.160 e. The van der Waals surface area contributed by atoms with Gasteiger partial charge in [-0.05, 0) is 31.5 Å². The molecule has 0 aliphatic heterocycles. The molecular weight excluding hydrogens is 334 g/mol. The molecule has 0 radical (unpaired) electrons. The third-order valence-corrected chi connectivity index (χ3v) is 3.96. The van der Waals surface area contributed by atoms with E-state index < -0.39 is 11.6 Å². The Morgan fingerprint density at radius 3 is 2.42 bits per heavy atom. The number of anilines is 3. The van der Waals surface area contributed by atoms with Crippen molar-refractivity contribution in [1.29, 1.82) is 0 Å². The van der Waals surface area contributed by atoms with Crippen molar-refractivity contribution in [1.82, 2.24) is 9.97 Å². The van der Waals surface area contributed by atoms with Gasteiger partial charge >= 0.3 is 0 Å². The molecule has 1 N–H and O–H groups in total. The molecule has 1 heterocycles. The van der Waals surface area contributed by atoms with Crippen molar-refractivity contribution in [3.05, 3.63) is 78.1 Å². The highest BCUT2D eigenvalue weighted by molar-refractivity contribution is 5.59. The summed E-state index contributed by atoms with van der Waals surface area (Å²) >= 11 is 0. The van der Waals surface area contributed by atoms with E-state index in [-0.39, 0.29) is 6.04 Å². The highest BCUT2D eigenvalue weighted by atomic mass is 19.2. The fourth-order valence-corrected chi connectivity index (χ4v) is 2.60. The van der Waals surface area contributed by atoms with Gasteiger partial charge in [0.25, 0.3) is 0 Å². The molecule has 4 nitrogen and oxygen atoms in total. The zero-order valence-electron chi connectivity index (χ0n) is 14.7. The Hall–Kier alpha value is -3.02. The first-order chi connectivity index (χ1) is 12.5. The van der Waals surface area contributed by atoms with E-state index in [9.17, 15) is 8.78 Å². The van der Waals surface area contributed by atoms with E-state index in [1.54, 1.807) is 6.07 Å². The molecule has 134 valence electrons. The number of nitrogens with zero attached hydrogens (tertiary/aromatic N) is 3. The predicted molar refractivity (Wildman–Crippen MR) is 99.4 cm³/mol. The molecule has 0 saturated carbocycles. The minimum absolute atomic E-state index is 0.223. The van der Waals surface area contributed by atoms with Crippen LogP contribution in [-0.2, 0) is 6.54 Å². The van der Waals surface area contributed by atoms with Crippen LogP contribution in [-0.4, -0.2) is 16.0 Å². The highest BCUT2D eigenvalue weighted by Crippen LogP contribution is 2.22. The summed E-state index contributed by atoms with van der Waals surface area (Å²) in [6, 6.07) is 15.8. The topological polar surface area (TPSA) is 41.0 Å². The van der Waals surface area contributed by atoms with Gasteiger partial charge in [0.05, 0.1) is 0 Å². The number of hydrogen-bond acceptors (Lipinski definition) is 4. The summed E-state index contributed by atoms with van der Waals surface area (Å²) < 4.78 is 26.4. The van der Waals surface area contributed by atoms with Crippen LogP contribution in [0, 0.1) is 11.6 Å². The molecule has 3 aromatic rings. The van der Waals surface area contributed by atoms with Gasteiger partial charge < -0.3 is 10.2 Å². The molecule has 1 aromatic heterocycles. The van der Waals surface area contributed by atoms with Crippen LogP contribution in [0.2, 0.25) is 0 Å². The number of halogens is 2. The van der Waals surface area contributed by atoms with Gasteiger partial charge in [-0.1, -0.05) is 30.3 Å². The minimum atomic E-state index is -0.905. The normalized spacial score (nSPS) is 10.8. The summed E-state index contributed by atoms with van der Waals surface area (Å²) in [6.45, 7) is 4.89. The van der Waals surface area contributed by atoms with E-state index in [1.807, 2.05) is 18.2 Å². The number of benzene rings is 2. The standard InChI is InChI=1S/C20H20F2N4/c1-14(2)26(12-15-6-4-3-5-7-15)20-11-19(23-13-24-20)25-16-8-9-17(21)18(22)10-16/h3-11,13-14H,12H2,1-2H3,(H,23,24,25). The fourth-order valence-electron chi connectivity index (χ4n) is 2.60. The Kier molecular flexibility index (Phi) is 5.41. The van der Waals surface area contributed by atoms with Crippen molar-refractivity contribution in [2.24, 2.45) is 0 Å². The SMILES string of the molecule is CC(C)N(Cc1ccccc1)c1cc(Nc2ccc(F)c(F)c2)ncn1. The van der Waals surface area contributed by atoms with E-state index >= 15 is 0 Å². The second-order valence-corrected chi connectivity index (χ2v) is 6.22. The third-order valence-electron chi connectivity index (χ3n) is 3.96. The molecular formula is C20H20F2N4. The molecule has 0 bridgehead atoms. The molecule has 0 unspecified atom stereocenters. The Bertz CT molecular complexity index is 869. The summed E-state index contributed by atoms with van der Waals surface area (Å²) in [7, 11) is 0. The maximum Gasteiger partial charge on any atom is 0.160 e. The number of aromatic nitrogens is 2. The van der Waals surface area contributed by atoms with Gasteiger partial charge in [0, 0.05) is 30.4 Å². The average Bonchev–Trinajstić information content (AvgIpc) is 2.64. The quantitative estimate of drug-likeness (QED) is 0.683. The van der Waals surface area contributed by atoms with Crippen LogP contribution in [0.25, 0.3) is 0 Å². The first-order valence-corrected chi connectivity index (χ1v) is 8.37. The Labute approximate surface area is 151 Å². The lowest BCUT2D eigenvalue weighted by molar-refractivity contribution is 0.509. The number of nitrogens with one attached hydrogen (secondary N) is 1. The summed E-state index contributed by atoms with van der Waals surface area (Å²) in [6.07, 6.45) is 1.46. The van der Waals surface area contributed by atoms with E-state index in [0.29, 0.717) is 18.1 Å². The summed E-state index contributed by atoms with van der Waals surface area (Å²) in [4.78, 5) is 10.7. The Morgan fingerprint density at radius 1 is 0.962 bits per heavy atom. The Balaban J connectivity index is 1.82. The lowest BCUT2D eigenvalue weighted by Gasteiger charge is -2.28. The first-order valence-electron chi connectivity index (χ1n) is 8.37. The van der Waals surface area contributed by atoms with Gasteiger partial charge in [0.2, 0.25) is 0 Å². The maximum atomic E-state index is 13.4. The second-order valence-electron chi connectivity index (χ2n) is 6.22. The van der Waals surface area contributed by atoms with Crippen molar-refractivity contribution in [3.63, 3.8) is 0 Å². The van der Waals surface area contributed by atoms with Gasteiger partial charge in [-0.25, -0.2) is 18.7 Å². The molecule has 0 amide bonds. The third kappa shape index (κ3) is 4.33. The maximum absolute atomic E-state index is 13.4. The molecule has 6 heteroatoms. The fraction of sp³-hybridized carbons (Fsp3) is 0.200. The van der Waals surface area contributed by atoms with Crippen LogP contribution < -0.4 is 10.2 Å². The molecule has 0 fully saturated rings. The Morgan fingerprint density at radius 2 is 1.73 bits per heavy atom. The minimum Gasteiger partial charge on any atom is -0.350 e. The van der Waals surface area contributed by atoms with Crippen molar-refractivity contribution < 1.29 is 8.78 Å². The molecule has 2 aromatic carbocycles. The van der Waals surface area contributed by atoms with Crippen LogP contribution in [0.4, 0.5) is 26.1 Å². The van der Waals surface area contributed by atoms with Gasteiger partial charge in [-0.2, -0.15) is 0 Å². The highest BCUT2D eigenvalue weighted by Gasteiger charge is 2.14. The van der Waals surface area contributed by atoms with Crippen LogP contribution in [0.3, 0.4) is 0 Å². The second kappa shape index (κ2) is 7.91. The molecule has 0 atom stereocenters. The van der Waals surface area contributed by atoms with Crippen LogP contribution >= 0.6 is 0 Å². The van der Waals surface area contributed by atoms with E-state index in [2.05, 4.69) is 46.2 Å². The lowest BCUT2D eigenvalue weighted by atomic mass is 10.2. The summed E-state index contributed by atoms with van der Waals surface area (Å²) in [5.74, 6) is -0.520. The van der Waals surface area contributed by atoms with Gasteiger partial charge in [-0.15, -0.1) is 0 Å². The summed E-state index contributed by atoms with van der Waals surface area (Å²) in [5, 5.41) is 2.99. The zero-order chi connectivity index (χ0) is 18.5. The van der Waals surface area contributed by atoms with Crippen LogP contribution in [0.5, 0.6) is 0 Å². The van der Waals surface area contributed by atoms with E-state index in [0.717, 1.165) is 18.0 Å². The predicted octanol–water partition coefficient (Wildman–Crippen LogP) is 4.91. The molecule has 0 saturated heterocycles. The average molecular weight is 354 g/mol. The lowest BCUT2D eigenvalue weighted by Crippen LogP contribution is -2.31. The van der Waals surface area contributed by atoms with Crippen molar-refractivity contribution in [2.45, 2.75) is 26.4 Å². The van der Waals surface area contributed by atoms with Gasteiger partial charge in [0.1, 0.15) is 18.0 Å². The molecule has 0 spiro atoms. The van der Waals surface area contributed by atoms with Crippen molar-refractivity contribution in [2.75, 3.05) is 10.2 Å². The van der Waals surface area contributed by atoms with E-state index in [4.69, 9.17) is 0 Å². The molecule has 3 rings (SSSR count). The van der Waals surface area contributed by atoms with Gasteiger partial charge in [-0.3, -0.25) is 0 Å². The van der Waals surface area contributed by atoms with Crippen LogP contribution in [0.1, 0.15) is 19.4 Å². The number of rotatable bonds is 6.